The van der Waals surface area contributed by atoms with Gasteiger partial charge in [0.1, 0.15) is 5.41 Å². The third-order valence-electron chi connectivity index (χ3n) is 3.28. The van der Waals surface area contributed by atoms with Gasteiger partial charge in [0, 0.05) is 6.04 Å². The molecule has 2 aliphatic heterocycles. The number of hydrogen-bond donors (Lipinski definition) is 1. The van der Waals surface area contributed by atoms with Crippen molar-refractivity contribution in [3.8, 4) is 0 Å². The Morgan fingerprint density at radius 2 is 2.21 bits per heavy atom. The summed E-state index contributed by atoms with van der Waals surface area (Å²) in [6.45, 7) is 2.11. The van der Waals surface area contributed by atoms with Gasteiger partial charge in [-0.3, -0.25) is 9.59 Å². The van der Waals surface area contributed by atoms with Gasteiger partial charge in [0.25, 0.3) is 0 Å². The van der Waals surface area contributed by atoms with E-state index >= 15 is 0 Å². The molecule has 4 nitrogen and oxygen atoms in total. The van der Waals surface area contributed by atoms with Gasteiger partial charge in [0.15, 0.2) is 0 Å². The molecule has 0 atom stereocenters. The summed E-state index contributed by atoms with van der Waals surface area (Å²) < 4.78 is 4.97. The summed E-state index contributed by atoms with van der Waals surface area (Å²) in [7, 11) is 0. The Morgan fingerprint density at radius 3 is 2.71 bits per heavy atom. The van der Waals surface area contributed by atoms with E-state index in [-0.39, 0.29) is 11.9 Å². The van der Waals surface area contributed by atoms with Crippen molar-refractivity contribution in [1.29, 1.82) is 0 Å². The number of amides is 1. The Balaban J connectivity index is 2.19. The Morgan fingerprint density at radius 1 is 1.57 bits per heavy atom. The van der Waals surface area contributed by atoms with Crippen molar-refractivity contribution in [3.05, 3.63) is 0 Å². The lowest BCUT2D eigenvalue weighted by Gasteiger charge is -2.43. The molecule has 1 saturated carbocycles. The smallest absolute Gasteiger partial charge is 0.321 e. The summed E-state index contributed by atoms with van der Waals surface area (Å²) in [5, 5.41) is 2.86. The van der Waals surface area contributed by atoms with Crippen molar-refractivity contribution >= 4 is 11.9 Å². The van der Waals surface area contributed by atoms with Gasteiger partial charge in [-0.25, -0.2) is 0 Å². The van der Waals surface area contributed by atoms with E-state index in [1.165, 1.54) is 0 Å². The van der Waals surface area contributed by atoms with Crippen molar-refractivity contribution in [2.45, 2.75) is 38.6 Å². The van der Waals surface area contributed by atoms with E-state index in [0.717, 1.165) is 12.8 Å². The Kier molecular flexibility index (Phi) is 2.21. The second kappa shape index (κ2) is 3.26. The van der Waals surface area contributed by atoms with Crippen molar-refractivity contribution in [2.24, 2.45) is 5.41 Å². The van der Waals surface area contributed by atoms with Crippen LogP contribution in [0, 0.1) is 5.41 Å². The molecule has 0 radical (unpaired) electrons. The largest absolute Gasteiger partial charge is 0.465 e. The minimum atomic E-state index is -0.856. The van der Waals surface area contributed by atoms with Crippen molar-refractivity contribution in [1.82, 2.24) is 5.32 Å². The molecular formula is C10H15NO3. The van der Waals surface area contributed by atoms with E-state index in [2.05, 4.69) is 5.32 Å². The summed E-state index contributed by atoms with van der Waals surface area (Å²) in [6, 6.07) is 0.291. The van der Waals surface area contributed by atoms with Gasteiger partial charge in [0.2, 0.25) is 5.91 Å². The first-order chi connectivity index (χ1) is 6.69. The number of carbonyl (C=O) groups excluding carboxylic acids is 2. The maximum Gasteiger partial charge on any atom is 0.321 e. The summed E-state index contributed by atoms with van der Waals surface area (Å²) in [5.74, 6) is -0.464. The zero-order valence-electron chi connectivity index (χ0n) is 8.34. The van der Waals surface area contributed by atoms with Crippen molar-refractivity contribution in [2.75, 3.05) is 6.61 Å². The molecule has 0 aromatic carbocycles. The van der Waals surface area contributed by atoms with Crippen LogP contribution in [0.25, 0.3) is 0 Å². The quantitative estimate of drug-likeness (QED) is 0.521. The van der Waals surface area contributed by atoms with E-state index in [1.54, 1.807) is 6.92 Å². The van der Waals surface area contributed by atoms with Gasteiger partial charge in [-0.05, 0) is 32.6 Å². The predicted molar refractivity (Wildman–Crippen MR) is 49.5 cm³/mol. The molecule has 2 saturated heterocycles. The van der Waals surface area contributed by atoms with E-state index in [9.17, 15) is 9.59 Å². The molecule has 3 fully saturated rings. The summed E-state index contributed by atoms with van der Waals surface area (Å²) in [4.78, 5) is 23.4. The zero-order valence-corrected chi connectivity index (χ0v) is 8.34. The number of hydrogen-bond acceptors (Lipinski definition) is 3. The van der Waals surface area contributed by atoms with Gasteiger partial charge < -0.3 is 10.1 Å². The van der Waals surface area contributed by atoms with Crippen LogP contribution in [-0.2, 0) is 14.3 Å². The van der Waals surface area contributed by atoms with E-state index in [0.29, 0.717) is 25.5 Å². The molecule has 0 unspecified atom stereocenters. The molecule has 3 rings (SSSR count). The monoisotopic (exact) mass is 197 g/mol. The first-order valence-corrected chi connectivity index (χ1v) is 5.17. The van der Waals surface area contributed by atoms with Gasteiger partial charge in [-0.15, -0.1) is 0 Å². The SMILES string of the molecule is CCOC(=O)C12CCC(CC1)NC2=O. The summed E-state index contributed by atoms with van der Waals surface area (Å²) >= 11 is 0. The molecule has 78 valence electrons. The van der Waals surface area contributed by atoms with E-state index in [1.807, 2.05) is 0 Å². The summed E-state index contributed by atoms with van der Waals surface area (Å²) in [6.07, 6.45) is 3.12. The normalized spacial score (nSPS) is 35.2. The maximum atomic E-state index is 11.7. The van der Waals surface area contributed by atoms with E-state index < -0.39 is 5.41 Å². The molecular weight excluding hydrogens is 182 g/mol. The molecule has 1 amide bonds. The average molecular weight is 197 g/mol. The number of ether oxygens (including phenoxy) is 1. The highest BCUT2D eigenvalue weighted by Gasteiger charge is 2.53. The fourth-order valence-electron chi connectivity index (χ4n) is 2.37. The van der Waals surface area contributed by atoms with Crippen LogP contribution in [0.3, 0.4) is 0 Å². The molecule has 1 aliphatic carbocycles. The number of nitrogens with one attached hydrogen (secondary N) is 1. The van der Waals surface area contributed by atoms with Crippen LogP contribution in [0.4, 0.5) is 0 Å². The highest BCUT2D eigenvalue weighted by Crippen LogP contribution is 2.41. The highest BCUT2D eigenvalue weighted by molar-refractivity contribution is 6.03. The van der Waals surface area contributed by atoms with Crippen LogP contribution in [0.5, 0.6) is 0 Å². The van der Waals surface area contributed by atoms with Crippen LogP contribution in [0.1, 0.15) is 32.6 Å². The topological polar surface area (TPSA) is 55.4 Å². The molecule has 0 spiro atoms. The minimum Gasteiger partial charge on any atom is -0.465 e. The van der Waals surface area contributed by atoms with Crippen LogP contribution >= 0.6 is 0 Å². The Hall–Kier alpha value is -1.06. The van der Waals surface area contributed by atoms with Gasteiger partial charge in [0.05, 0.1) is 6.61 Å². The Bertz CT molecular complexity index is 267. The molecule has 2 heterocycles. The molecule has 3 aliphatic rings. The number of rotatable bonds is 2. The lowest BCUT2D eigenvalue weighted by atomic mass is 9.68. The molecule has 14 heavy (non-hydrogen) atoms. The third kappa shape index (κ3) is 1.21. The van der Waals surface area contributed by atoms with Gasteiger partial charge in [-0.1, -0.05) is 0 Å². The van der Waals surface area contributed by atoms with Crippen LogP contribution < -0.4 is 5.32 Å². The van der Waals surface area contributed by atoms with Crippen LogP contribution in [0.2, 0.25) is 0 Å². The fourth-order valence-corrected chi connectivity index (χ4v) is 2.37. The van der Waals surface area contributed by atoms with Gasteiger partial charge >= 0.3 is 5.97 Å². The minimum absolute atomic E-state index is 0.126. The lowest BCUT2D eigenvalue weighted by Crippen LogP contribution is -2.59. The first kappa shape index (κ1) is 9.49. The second-order valence-corrected chi connectivity index (χ2v) is 4.05. The standard InChI is InChI=1S/C10H15NO3/c1-2-14-9(13)10-5-3-7(4-6-10)11-8(10)12/h7H,2-6H2,1H3,(H,11,12). The molecule has 1 N–H and O–H groups in total. The number of carbonyl (C=O) groups is 2. The maximum absolute atomic E-state index is 11.7. The zero-order chi connectivity index (χ0) is 10.2. The van der Waals surface area contributed by atoms with Crippen molar-refractivity contribution < 1.29 is 14.3 Å². The summed E-state index contributed by atoms with van der Waals surface area (Å²) in [5.41, 5.74) is -0.856. The first-order valence-electron chi connectivity index (χ1n) is 5.17. The fraction of sp³-hybridized carbons (Fsp3) is 0.800. The van der Waals surface area contributed by atoms with E-state index in [4.69, 9.17) is 4.74 Å². The second-order valence-electron chi connectivity index (χ2n) is 4.05. The van der Waals surface area contributed by atoms with Crippen molar-refractivity contribution in [3.63, 3.8) is 0 Å². The molecule has 2 bridgehead atoms. The van der Waals surface area contributed by atoms with Crippen LogP contribution in [-0.4, -0.2) is 24.5 Å². The number of fused-ring (bicyclic) bond motifs is 3. The third-order valence-corrected chi connectivity index (χ3v) is 3.28. The highest BCUT2D eigenvalue weighted by atomic mass is 16.5. The average Bonchev–Trinajstić information content (AvgIpc) is 2.19. The predicted octanol–water partition coefficient (Wildman–Crippen LogP) is 0.608. The van der Waals surface area contributed by atoms with Crippen LogP contribution in [0.15, 0.2) is 0 Å². The molecule has 0 aromatic heterocycles. The Labute approximate surface area is 83.0 Å². The van der Waals surface area contributed by atoms with Gasteiger partial charge in [-0.2, -0.15) is 0 Å². The lowest BCUT2D eigenvalue weighted by molar-refractivity contribution is -0.167. The number of piperidine rings is 2. The number of esters is 1. The molecule has 0 aromatic rings. The molecule has 4 heteroatoms.